The van der Waals surface area contributed by atoms with E-state index in [4.69, 9.17) is 5.11 Å². The third kappa shape index (κ3) is 3.22. The summed E-state index contributed by atoms with van der Waals surface area (Å²) >= 11 is 0. The Morgan fingerprint density at radius 3 is 2.61 bits per heavy atom. The molecule has 2 unspecified atom stereocenters. The molecule has 2 rings (SSSR count). The van der Waals surface area contributed by atoms with Crippen molar-refractivity contribution in [2.45, 2.75) is 25.7 Å². The van der Waals surface area contributed by atoms with Crippen molar-refractivity contribution in [2.24, 2.45) is 11.8 Å². The van der Waals surface area contributed by atoms with E-state index >= 15 is 0 Å². The number of hydrogen-bond donors (Lipinski definition) is 1. The summed E-state index contributed by atoms with van der Waals surface area (Å²) in [6.07, 6.45) is 3.00. The molecule has 2 heterocycles. The molecule has 0 aromatic heterocycles. The average molecular weight is 254 g/mol. The molecule has 18 heavy (non-hydrogen) atoms. The quantitative estimate of drug-likeness (QED) is 0.803. The molecule has 102 valence electrons. The van der Waals surface area contributed by atoms with E-state index in [-0.39, 0.29) is 24.2 Å². The third-order valence-corrected chi connectivity index (χ3v) is 4.03. The number of carboxylic acid groups (broad SMARTS) is 1. The van der Waals surface area contributed by atoms with E-state index in [0.717, 1.165) is 38.9 Å². The Labute approximate surface area is 108 Å². The minimum atomic E-state index is -0.755. The van der Waals surface area contributed by atoms with Gasteiger partial charge in [-0.05, 0) is 38.8 Å². The van der Waals surface area contributed by atoms with E-state index in [1.807, 2.05) is 11.9 Å². The Balaban J connectivity index is 1.88. The number of carbonyl (C=O) groups is 2. The molecule has 2 atom stereocenters. The van der Waals surface area contributed by atoms with Crippen LogP contribution >= 0.6 is 0 Å². The van der Waals surface area contributed by atoms with E-state index in [1.54, 1.807) is 0 Å². The zero-order chi connectivity index (χ0) is 13.1. The number of piperidine rings is 1. The van der Waals surface area contributed by atoms with E-state index in [2.05, 4.69) is 4.90 Å². The number of nitrogens with zero attached hydrogens (tertiary/aromatic N) is 2. The minimum absolute atomic E-state index is 0.124. The van der Waals surface area contributed by atoms with Crippen LogP contribution in [0.4, 0.5) is 0 Å². The van der Waals surface area contributed by atoms with Crippen molar-refractivity contribution >= 4 is 11.9 Å². The molecule has 2 aliphatic heterocycles. The van der Waals surface area contributed by atoms with Crippen molar-refractivity contribution < 1.29 is 14.7 Å². The summed E-state index contributed by atoms with van der Waals surface area (Å²) in [7, 11) is 2.04. The number of hydrogen-bond acceptors (Lipinski definition) is 3. The predicted molar refractivity (Wildman–Crippen MR) is 67.2 cm³/mol. The van der Waals surface area contributed by atoms with Crippen LogP contribution in [0.3, 0.4) is 0 Å². The van der Waals surface area contributed by atoms with Crippen LogP contribution in [0.1, 0.15) is 25.7 Å². The summed E-state index contributed by atoms with van der Waals surface area (Å²) in [5, 5.41) is 8.83. The molecule has 0 aromatic rings. The SMILES string of the molecule is CN1CCC(C(=O)N2CCCC(CC(=O)O)C2)C1. The molecule has 5 heteroatoms. The van der Waals surface area contributed by atoms with Crippen LogP contribution in [0.25, 0.3) is 0 Å². The molecule has 0 spiro atoms. The maximum absolute atomic E-state index is 12.3. The van der Waals surface area contributed by atoms with Crippen LogP contribution in [0.5, 0.6) is 0 Å². The molecular weight excluding hydrogens is 232 g/mol. The fourth-order valence-corrected chi connectivity index (χ4v) is 3.07. The van der Waals surface area contributed by atoms with E-state index in [9.17, 15) is 9.59 Å². The lowest BCUT2D eigenvalue weighted by atomic mass is 9.93. The van der Waals surface area contributed by atoms with Crippen LogP contribution < -0.4 is 0 Å². The predicted octanol–water partition coefficient (Wildman–Crippen LogP) is 0.651. The zero-order valence-electron chi connectivity index (χ0n) is 11.0. The molecule has 2 saturated heterocycles. The summed E-state index contributed by atoms with van der Waals surface area (Å²) in [6, 6.07) is 0. The van der Waals surface area contributed by atoms with Gasteiger partial charge in [0.05, 0.1) is 5.92 Å². The van der Waals surface area contributed by atoms with E-state index in [1.165, 1.54) is 0 Å². The molecule has 0 radical (unpaired) electrons. The lowest BCUT2D eigenvalue weighted by Crippen LogP contribution is -2.44. The van der Waals surface area contributed by atoms with E-state index < -0.39 is 5.97 Å². The number of rotatable bonds is 3. The lowest BCUT2D eigenvalue weighted by Gasteiger charge is -2.33. The van der Waals surface area contributed by atoms with Gasteiger partial charge in [0.1, 0.15) is 0 Å². The highest BCUT2D eigenvalue weighted by atomic mass is 16.4. The second-order valence-corrected chi connectivity index (χ2v) is 5.64. The van der Waals surface area contributed by atoms with Gasteiger partial charge in [0.2, 0.25) is 5.91 Å². The highest BCUT2D eigenvalue weighted by Crippen LogP contribution is 2.24. The number of carbonyl (C=O) groups excluding carboxylic acids is 1. The number of likely N-dealkylation sites (tertiary alicyclic amines) is 2. The van der Waals surface area contributed by atoms with Crippen molar-refractivity contribution in [3.63, 3.8) is 0 Å². The number of carboxylic acids is 1. The molecule has 0 saturated carbocycles. The first-order chi connectivity index (χ1) is 8.56. The lowest BCUT2D eigenvalue weighted by molar-refractivity contribution is -0.142. The number of aliphatic carboxylic acids is 1. The summed E-state index contributed by atoms with van der Waals surface area (Å²) in [5.41, 5.74) is 0. The Hall–Kier alpha value is -1.10. The zero-order valence-corrected chi connectivity index (χ0v) is 11.0. The standard InChI is InChI=1S/C13H22N2O3/c1-14-6-4-11(9-14)13(18)15-5-2-3-10(8-15)7-12(16)17/h10-11H,2-9H2,1H3,(H,16,17). The van der Waals surface area contributed by atoms with E-state index in [0.29, 0.717) is 6.54 Å². The fraction of sp³-hybridized carbons (Fsp3) is 0.846. The molecule has 0 bridgehead atoms. The van der Waals surface area contributed by atoms with Crippen molar-refractivity contribution in [3.05, 3.63) is 0 Å². The monoisotopic (exact) mass is 254 g/mol. The highest BCUT2D eigenvalue weighted by molar-refractivity contribution is 5.79. The topological polar surface area (TPSA) is 60.9 Å². The summed E-state index contributed by atoms with van der Waals surface area (Å²) in [5.74, 6) is -0.262. The molecule has 5 nitrogen and oxygen atoms in total. The first-order valence-corrected chi connectivity index (χ1v) is 6.75. The van der Waals surface area contributed by atoms with Crippen LogP contribution in [0, 0.1) is 11.8 Å². The van der Waals surface area contributed by atoms with Crippen LogP contribution in [-0.2, 0) is 9.59 Å². The third-order valence-electron chi connectivity index (χ3n) is 4.03. The molecular formula is C13H22N2O3. The van der Waals surface area contributed by atoms with Crippen molar-refractivity contribution in [1.29, 1.82) is 0 Å². The van der Waals surface area contributed by atoms with Gasteiger partial charge >= 0.3 is 5.97 Å². The van der Waals surface area contributed by atoms with Gasteiger partial charge in [-0.25, -0.2) is 0 Å². The van der Waals surface area contributed by atoms with Crippen molar-refractivity contribution in [2.75, 3.05) is 33.2 Å². The molecule has 1 amide bonds. The highest BCUT2D eigenvalue weighted by Gasteiger charge is 2.32. The Morgan fingerprint density at radius 2 is 2.00 bits per heavy atom. The maximum Gasteiger partial charge on any atom is 0.303 e. The second-order valence-electron chi connectivity index (χ2n) is 5.64. The molecule has 1 N–H and O–H groups in total. The molecule has 2 fully saturated rings. The van der Waals surface area contributed by atoms with Gasteiger partial charge in [0.25, 0.3) is 0 Å². The molecule has 0 aromatic carbocycles. The summed E-state index contributed by atoms with van der Waals surface area (Å²) < 4.78 is 0. The normalized spacial score (nSPS) is 29.5. The molecule has 0 aliphatic carbocycles. The average Bonchev–Trinajstić information content (AvgIpc) is 2.74. The summed E-state index contributed by atoms with van der Waals surface area (Å²) in [4.78, 5) is 27.1. The number of amides is 1. The second kappa shape index (κ2) is 5.69. The first-order valence-electron chi connectivity index (χ1n) is 6.75. The van der Waals surface area contributed by atoms with Crippen LogP contribution in [0.15, 0.2) is 0 Å². The van der Waals surface area contributed by atoms with Gasteiger partial charge in [-0.15, -0.1) is 0 Å². The Morgan fingerprint density at radius 1 is 1.22 bits per heavy atom. The van der Waals surface area contributed by atoms with Crippen molar-refractivity contribution in [3.8, 4) is 0 Å². The van der Waals surface area contributed by atoms with Crippen molar-refractivity contribution in [1.82, 2.24) is 9.80 Å². The van der Waals surface area contributed by atoms with Crippen LogP contribution in [0.2, 0.25) is 0 Å². The van der Waals surface area contributed by atoms with Gasteiger partial charge in [0.15, 0.2) is 0 Å². The van der Waals surface area contributed by atoms with Gasteiger partial charge in [-0.3, -0.25) is 9.59 Å². The minimum Gasteiger partial charge on any atom is -0.481 e. The largest absolute Gasteiger partial charge is 0.481 e. The Bertz CT molecular complexity index is 332. The summed E-state index contributed by atoms with van der Waals surface area (Å²) in [6.45, 7) is 3.27. The first kappa shape index (κ1) is 13.3. The van der Waals surface area contributed by atoms with Gasteiger partial charge in [0, 0.05) is 26.1 Å². The Kier molecular flexibility index (Phi) is 4.22. The maximum atomic E-state index is 12.3. The van der Waals surface area contributed by atoms with Crippen LogP contribution in [-0.4, -0.2) is 60.0 Å². The van der Waals surface area contributed by atoms with Gasteiger partial charge < -0.3 is 14.9 Å². The smallest absolute Gasteiger partial charge is 0.303 e. The molecule has 2 aliphatic rings. The fourth-order valence-electron chi connectivity index (χ4n) is 3.07. The van der Waals surface area contributed by atoms with Gasteiger partial charge in [-0.1, -0.05) is 0 Å². The van der Waals surface area contributed by atoms with Gasteiger partial charge in [-0.2, -0.15) is 0 Å².